The number of amides is 1. The monoisotopic (exact) mass is 327 g/mol. The lowest BCUT2D eigenvalue weighted by molar-refractivity contribution is -0.124. The van der Waals surface area contributed by atoms with Gasteiger partial charge in [-0.2, -0.15) is 0 Å². The van der Waals surface area contributed by atoms with Gasteiger partial charge in [-0.25, -0.2) is 4.98 Å². The van der Waals surface area contributed by atoms with Gasteiger partial charge in [-0.3, -0.25) is 9.20 Å². The largest absolute Gasteiger partial charge is 0.368 e. The molecule has 1 amide bonds. The van der Waals surface area contributed by atoms with Crippen LogP contribution >= 0.6 is 11.3 Å². The molecule has 2 aromatic heterocycles. The van der Waals surface area contributed by atoms with Crippen LogP contribution in [-0.4, -0.2) is 28.0 Å². The zero-order chi connectivity index (χ0) is 15.8. The molecule has 3 aromatic rings. The van der Waals surface area contributed by atoms with E-state index in [9.17, 15) is 4.79 Å². The highest BCUT2D eigenvalue weighted by molar-refractivity contribution is 7.17. The molecular formula is C17H17N3O2S. The topological polar surface area (TPSA) is 55.6 Å². The highest BCUT2D eigenvalue weighted by Crippen LogP contribution is 2.26. The number of aryl methyl sites for hydroxylation is 1. The predicted octanol–water partition coefficient (Wildman–Crippen LogP) is 3.49. The van der Waals surface area contributed by atoms with Crippen molar-refractivity contribution in [1.82, 2.24) is 9.38 Å². The number of hydrogen-bond acceptors (Lipinski definition) is 4. The summed E-state index contributed by atoms with van der Waals surface area (Å²) in [6.45, 7) is 2.74. The lowest BCUT2D eigenvalue weighted by atomic mass is 10.1. The minimum absolute atomic E-state index is 0.0684. The minimum atomic E-state index is -0.320. The van der Waals surface area contributed by atoms with E-state index in [1.807, 2.05) is 34.9 Å². The van der Waals surface area contributed by atoms with Crippen LogP contribution in [0.25, 0.3) is 16.2 Å². The number of carbonyl (C=O) groups excluding carboxylic acids is 1. The summed E-state index contributed by atoms with van der Waals surface area (Å²) in [4.78, 5) is 19.0. The van der Waals surface area contributed by atoms with E-state index in [1.165, 1.54) is 4.88 Å². The summed E-state index contributed by atoms with van der Waals surface area (Å²) in [7, 11) is 0. The number of imidazole rings is 1. The number of nitrogens with zero attached hydrogens (tertiary/aromatic N) is 2. The molecule has 4 rings (SSSR count). The second kappa shape index (κ2) is 5.79. The van der Waals surface area contributed by atoms with Gasteiger partial charge in [0.05, 0.1) is 5.69 Å². The van der Waals surface area contributed by atoms with Gasteiger partial charge in [0.2, 0.25) is 0 Å². The van der Waals surface area contributed by atoms with Crippen molar-refractivity contribution in [2.75, 3.05) is 11.9 Å². The third-order valence-corrected chi connectivity index (χ3v) is 4.83. The van der Waals surface area contributed by atoms with Crippen molar-refractivity contribution in [1.29, 1.82) is 0 Å². The van der Waals surface area contributed by atoms with E-state index in [1.54, 1.807) is 11.3 Å². The fourth-order valence-corrected chi connectivity index (χ4v) is 3.62. The second-order valence-electron chi connectivity index (χ2n) is 5.73. The van der Waals surface area contributed by atoms with Crippen molar-refractivity contribution < 1.29 is 9.53 Å². The lowest BCUT2D eigenvalue weighted by Gasteiger charge is -2.11. The normalized spacial score (nSPS) is 17.7. The van der Waals surface area contributed by atoms with Crippen LogP contribution < -0.4 is 5.32 Å². The molecule has 1 unspecified atom stereocenters. The molecule has 1 N–H and O–H groups in total. The third-order valence-electron chi connectivity index (χ3n) is 3.92. The number of rotatable bonds is 3. The fraction of sp³-hybridized carbons (Fsp3) is 0.294. The number of nitrogens with one attached hydrogen (secondary N) is 1. The van der Waals surface area contributed by atoms with Gasteiger partial charge in [0, 0.05) is 35.1 Å². The highest BCUT2D eigenvalue weighted by atomic mass is 32.1. The molecule has 1 fully saturated rings. The Kier molecular flexibility index (Phi) is 3.63. The number of thiazole rings is 1. The number of fused-ring (bicyclic) bond motifs is 1. The molecule has 0 saturated carbocycles. The van der Waals surface area contributed by atoms with Crippen molar-refractivity contribution in [3.05, 3.63) is 41.5 Å². The quantitative estimate of drug-likeness (QED) is 0.801. The van der Waals surface area contributed by atoms with Crippen LogP contribution in [0.1, 0.15) is 17.7 Å². The molecule has 0 aliphatic carbocycles. The molecule has 3 heterocycles. The average molecular weight is 327 g/mol. The zero-order valence-electron chi connectivity index (χ0n) is 12.8. The van der Waals surface area contributed by atoms with Crippen LogP contribution in [0.2, 0.25) is 0 Å². The maximum atomic E-state index is 12.1. The minimum Gasteiger partial charge on any atom is -0.368 e. The number of aromatic nitrogens is 2. The molecule has 5 nitrogen and oxygen atoms in total. The van der Waals surface area contributed by atoms with Crippen molar-refractivity contribution in [3.63, 3.8) is 0 Å². The van der Waals surface area contributed by atoms with Crippen molar-refractivity contribution in [2.24, 2.45) is 0 Å². The van der Waals surface area contributed by atoms with Crippen molar-refractivity contribution in [2.45, 2.75) is 25.9 Å². The van der Waals surface area contributed by atoms with Crippen LogP contribution in [0.15, 0.2) is 36.7 Å². The molecule has 1 aromatic carbocycles. The predicted molar refractivity (Wildman–Crippen MR) is 90.8 cm³/mol. The van der Waals surface area contributed by atoms with Gasteiger partial charge in [-0.15, -0.1) is 11.3 Å². The Hall–Kier alpha value is -2.18. The van der Waals surface area contributed by atoms with Crippen molar-refractivity contribution >= 4 is 27.9 Å². The Morgan fingerprint density at radius 2 is 2.35 bits per heavy atom. The van der Waals surface area contributed by atoms with Gasteiger partial charge >= 0.3 is 0 Å². The molecule has 0 radical (unpaired) electrons. The molecule has 1 aliphatic heterocycles. The number of ether oxygens (including phenoxy) is 1. The molecule has 23 heavy (non-hydrogen) atoms. The molecule has 0 spiro atoms. The van der Waals surface area contributed by atoms with E-state index in [0.717, 1.165) is 34.7 Å². The summed E-state index contributed by atoms with van der Waals surface area (Å²) in [6.07, 6.45) is 5.50. The Balaban J connectivity index is 1.57. The summed E-state index contributed by atoms with van der Waals surface area (Å²) in [5.74, 6) is -0.0684. The van der Waals surface area contributed by atoms with E-state index in [2.05, 4.69) is 23.4 Å². The molecule has 0 bridgehead atoms. The molecular weight excluding hydrogens is 310 g/mol. The van der Waals surface area contributed by atoms with E-state index >= 15 is 0 Å². The van der Waals surface area contributed by atoms with Gasteiger partial charge in [-0.1, -0.05) is 12.1 Å². The smallest absolute Gasteiger partial charge is 0.253 e. The van der Waals surface area contributed by atoms with E-state index in [0.29, 0.717) is 6.61 Å². The van der Waals surface area contributed by atoms with Crippen LogP contribution in [-0.2, 0) is 9.53 Å². The van der Waals surface area contributed by atoms with Gasteiger partial charge < -0.3 is 10.1 Å². The lowest BCUT2D eigenvalue weighted by Crippen LogP contribution is -2.26. The first-order valence-corrected chi connectivity index (χ1v) is 8.49. The van der Waals surface area contributed by atoms with Crippen LogP contribution in [0.3, 0.4) is 0 Å². The number of carbonyl (C=O) groups is 1. The third kappa shape index (κ3) is 2.87. The first-order valence-electron chi connectivity index (χ1n) is 7.67. The number of benzene rings is 1. The maximum absolute atomic E-state index is 12.1. The maximum Gasteiger partial charge on any atom is 0.253 e. The zero-order valence-corrected chi connectivity index (χ0v) is 13.6. The second-order valence-corrected chi connectivity index (χ2v) is 6.94. The van der Waals surface area contributed by atoms with Crippen LogP contribution in [0, 0.1) is 6.92 Å². The summed E-state index contributed by atoms with van der Waals surface area (Å²) in [6, 6.07) is 7.77. The summed E-state index contributed by atoms with van der Waals surface area (Å²) < 4.78 is 7.45. The van der Waals surface area contributed by atoms with E-state index < -0.39 is 0 Å². The molecule has 118 valence electrons. The van der Waals surface area contributed by atoms with Gasteiger partial charge in [0.25, 0.3) is 5.91 Å². The summed E-state index contributed by atoms with van der Waals surface area (Å²) in [5, 5.41) is 2.93. The van der Waals surface area contributed by atoms with E-state index in [4.69, 9.17) is 4.74 Å². The summed E-state index contributed by atoms with van der Waals surface area (Å²) in [5.41, 5.74) is 2.67. The first kappa shape index (κ1) is 14.4. The Morgan fingerprint density at radius 3 is 3.13 bits per heavy atom. The first-order chi connectivity index (χ1) is 11.2. The molecule has 1 aliphatic rings. The standard InChI is InChI=1S/C17H17N3O2S/c1-11-9-20-10-14(19-17(20)23-11)12-4-2-5-13(8-12)18-16(21)15-6-3-7-22-15/h2,4-5,8-10,15H,3,6-7H2,1H3,(H,18,21). The van der Waals surface area contributed by atoms with Crippen LogP contribution in [0.4, 0.5) is 5.69 Å². The van der Waals surface area contributed by atoms with Gasteiger partial charge in [0.1, 0.15) is 6.10 Å². The summed E-state index contributed by atoms with van der Waals surface area (Å²) >= 11 is 1.66. The van der Waals surface area contributed by atoms with Gasteiger partial charge in [-0.05, 0) is 31.9 Å². The average Bonchev–Trinajstić information content (AvgIpc) is 3.22. The Labute approximate surface area is 137 Å². The Bertz CT molecular complexity index is 830. The van der Waals surface area contributed by atoms with E-state index in [-0.39, 0.29) is 12.0 Å². The Morgan fingerprint density at radius 1 is 1.43 bits per heavy atom. The SMILES string of the molecule is Cc1cn2cc(-c3cccc(NC(=O)C4CCCO4)c3)nc2s1. The highest BCUT2D eigenvalue weighted by Gasteiger charge is 2.23. The molecule has 1 atom stereocenters. The molecule has 6 heteroatoms. The molecule has 1 saturated heterocycles. The number of hydrogen-bond donors (Lipinski definition) is 1. The van der Waals surface area contributed by atoms with Crippen LogP contribution in [0.5, 0.6) is 0 Å². The number of anilines is 1. The van der Waals surface area contributed by atoms with Gasteiger partial charge in [0.15, 0.2) is 4.96 Å². The van der Waals surface area contributed by atoms with Crippen molar-refractivity contribution in [3.8, 4) is 11.3 Å². The fourth-order valence-electron chi connectivity index (χ4n) is 2.81.